The van der Waals surface area contributed by atoms with Crippen molar-refractivity contribution >= 4 is 22.9 Å². The third-order valence-corrected chi connectivity index (χ3v) is 5.48. The third kappa shape index (κ3) is 6.73. The number of hydrogen-bond donors (Lipinski definition) is 2. The minimum absolute atomic E-state index is 0.0252. The summed E-state index contributed by atoms with van der Waals surface area (Å²) >= 11 is 0. The van der Waals surface area contributed by atoms with Crippen LogP contribution in [0.5, 0.6) is 5.75 Å². The molecule has 2 aromatic heterocycles. The minimum Gasteiger partial charge on any atom is -0.486 e. The van der Waals surface area contributed by atoms with E-state index in [9.17, 15) is 9.59 Å². The second-order valence-corrected chi connectivity index (χ2v) is 9.52. The van der Waals surface area contributed by atoms with Gasteiger partial charge >= 0.3 is 17.6 Å². The van der Waals surface area contributed by atoms with E-state index in [2.05, 4.69) is 15.9 Å². The lowest BCUT2D eigenvalue weighted by Gasteiger charge is -2.25. The van der Waals surface area contributed by atoms with Gasteiger partial charge in [-0.05, 0) is 45.4 Å². The molecule has 1 atom stereocenters. The maximum Gasteiger partial charge on any atom is 0.414 e. The Morgan fingerprint density at radius 2 is 2.00 bits per heavy atom. The molecule has 2 N–H and O–H groups in total. The summed E-state index contributed by atoms with van der Waals surface area (Å²) in [4.78, 5) is 25.9. The molecule has 3 heterocycles. The summed E-state index contributed by atoms with van der Waals surface area (Å²) in [6.45, 7) is 10.8. The zero-order chi connectivity index (χ0) is 25.7. The first-order chi connectivity index (χ1) is 17.2. The number of aromatic nitrogens is 2. The molecular weight excluding hydrogens is 470 g/mol. The zero-order valence-electron chi connectivity index (χ0n) is 20.9. The van der Waals surface area contributed by atoms with Gasteiger partial charge in [0.05, 0.1) is 31.1 Å². The van der Waals surface area contributed by atoms with E-state index >= 15 is 0 Å². The lowest BCUT2D eigenvalue weighted by Crippen LogP contribution is -2.62. The number of carbonyl (C=O) groups excluding carboxylic acids is 1. The van der Waals surface area contributed by atoms with Gasteiger partial charge in [0.1, 0.15) is 12.7 Å². The molecule has 3 aromatic rings. The summed E-state index contributed by atoms with van der Waals surface area (Å²) in [5.41, 5.74) is 0.615. The van der Waals surface area contributed by atoms with Gasteiger partial charge in [-0.25, -0.2) is 9.59 Å². The van der Waals surface area contributed by atoms with Gasteiger partial charge in [-0.1, -0.05) is 6.07 Å². The highest BCUT2D eigenvalue weighted by Gasteiger charge is 2.25. The molecular formula is C24H32N5O7+. The number of nitrogens with one attached hydrogen (secondary N) is 2. The molecule has 0 saturated carbocycles. The quantitative estimate of drug-likeness (QED) is 0.347. The molecule has 36 heavy (non-hydrogen) atoms. The Morgan fingerprint density at radius 1 is 1.22 bits per heavy atom. The fourth-order valence-electron chi connectivity index (χ4n) is 3.59. The second kappa shape index (κ2) is 11.0. The summed E-state index contributed by atoms with van der Waals surface area (Å²) in [7, 11) is 0. The van der Waals surface area contributed by atoms with Gasteiger partial charge < -0.3 is 23.9 Å². The topological polar surface area (TPSA) is 132 Å². The lowest BCUT2D eigenvalue weighted by atomic mass is 10.1. The highest BCUT2D eigenvalue weighted by atomic mass is 16.6. The molecule has 12 heteroatoms. The number of amides is 1. The Balaban J connectivity index is 1.42. The highest BCUT2D eigenvalue weighted by Crippen LogP contribution is 2.27. The number of hydrogen-bond acceptors (Lipinski definition) is 10. The molecule has 0 bridgehead atoms. The van der Waals surface area contributed by atoms with Crippen LogP contribution in [0.15, 0.2) is 44.2 Å². The van der Waals surface area contributed by atoms with E-state index < -0.39 is 17.8 Å². The number of fused-ring (bicyclic) bond motifs is 1. The van der Waals surface area contributed by atoms with E-state index in [0.29, 0.717) is 44.2 Å². The Bertz CT molecular complexity index is 1240. The number of morpholine rings is 1. The first-order valence-corrected chi connectivity index (χ1v) is 11.8. The van der Waals surface area contributed by atoms with Crippen LogP contribution in [0.4, 0.5) is 10.7 Å². The Morgan fingerprint density at radius 3 is 2.75 bits per heavy atom. The summed E-state index contributed by atoms with van der Waals surface area (Å²) in [5, 5.41) is 12.5. The number of aryl methyl sites for hydroxylation is 1. The summed E-state index contributed by atoms with van der Waals surface area (Å²) in [6, 6.07) is 6.68. The number of nitrogens with zero attached hydrogens (tertiary/aromatic N) is 3. The molecule has 12 nitrogen and oxygen atoms in total. The van der Waals surface area contributed by atoms with E-state index in [0.717, 1.165) is 10.9 Å². The molecule has 4 rings (SSSR count). The first-order valence-electron chi connectivity index (χ1n) is 11.8. The first kappa shape index (κ1) is 25.5. The smallest absolute Gasteiger partial charge is 0.414 e. The van der Waals surface area contributed by atoms with Crippen molar-refractivity contribution in [1.29, 1.82) is 0 Å². The fraction of sp³-hybridized carbons (Fsp3) is 0.500. The van der Waals surface area contributed by atoms with Crippen LogP contribution in [-0.4, -0.2) is 62.5 Å². The standard InChI is InChI=1S/C24H31N5O7/c1-16-5-7-19(22-18(16)6-8-21(30)35-22)33-15-17(13-25-24(2,3)4)34-23(31)26-20-14-29(27-36-20)28-9-11-32-12-10-28/h5-8,14,17,25H,9-13,15H2,1-4H3/p+1. The van der Waals surface area contributed by atoms with Crippen molar-refractivity contribution in [2.45, 2.75) is 39.3 Å². The van der Waals surface area contributed by atoms with Crippen LogP contribution in [0.3, 0.4) is 0 Å². The molecule has 1 aliphatic heterocycles. The van der Waals surface area contributed by atoms with Gasteiger partial charge in [-0.2, -0.15) is 0 Å². The minimum atomic E-state index is -0.718. The zero-order valence-corrected chi connectivity index (χ0v) is 20.9. The number of rotatable bonds is 8. The second-order valence-electron chi connectivity index (χ2n) is 9.52. The highest BCUT2D eigenvalue weighted by molar-refractivity contribution is 5.85. The molecule has 0 radical (unpaired) electrons. The van der Waals surface area contributed by atoms with Crippen molar-refractivity contribution < 1.29 is 32.7 Å². The van der Waals surface area contributed by atoms with E-state index in [4.69, 9.17) is 23.2 Å². The van der Waals surface area contributed by atoms with Crippen LogP contribution >= 0.6 is 0 Å². The van der Waals surface area contributed by atoms with Gasteiger partial charge in [0, 0.05) is 23.5 Å². The molecule has 1 saturated heterocycles. The summed E-state index contributed by atoms with van der Waals surface area (Å²) < 4.78 is 27.5. The van der Waals surface area contributed by atoms with Crippen LogP contribution in [0.25, 0.3) is 11.0 Å². The molecule has 0 spiro atoms. The van der Waals surface area contributed by atoms with E-state index in [1.165, 1.54) is 10.9 Å². The van der Waals surface area contributed by atoms with Gasteiger partial charge in [0.2, 0.25) is 5.27 Å². The van der Waals surface area contributed by atoms with Crippen LogP contribution in [0.2, 0.25) is 0 Å². The number of carbonyl (C=O) groups is 1. The number of anilines is 1. The molecule has 194 valence electrons. The Hall–Kier alpha value is -3.64. The molecule has 1 fully saturated rings. The van der Waals surface area contributed by atoms with Crippen molar-refractivity contribution in [1.82, 2.24) is 10.6 Å². The predicted molar refractivity (Wildman–Crippen MR) is 130 cm³/mol. The lowest BCUT2D eigenvalue weighted by molar-refractivity contribution is -0.759. The van der Waals surface area contributed by atoms with Crippen molar-refractivity contribution in [2.24, 2.45) is 0 Å². The van der Waals surface area contributed by atoms with Crippen molar-refractivity contribution in [3.8, 4) is 5.75 Å². The third-order valence-electron chi connectivity index (χ3n) is 5.48. The number of ether oxygens (including phenoxy) is 3. The average molecular weight is 503 g/mol. The Labute approximate surface area is 208 Å². The SMILES string of the molecule is Cc1ccc(OCC(CNC(C)(C)C)OC(=O)Nc2c[n+](N3CCOCC3)no2)c2oc(=O)ccc12. The van der Waals surface area contributed by atoms with Crippen LogP contribution in [-0.2, 0) is 9.47 Å². The maximum atomic E-state index is 12.6. The van der Waals surface area contributed by atoms with Crippen molar-refractivity contribution in [3.63, 3.8) is 0 Å². The summed E-state index contributed by atoms with van der Waals surface area (Å²) in [5.74, 6) is 0.529. The van der Waals surface area contributed by atoms with E-state index in [1.807, 2.05) is 38.8 Å². The average Bonchev–Trinajstić information content (AvgIpc) is 3.30. The van der Waals surface area contributed by atoms with Crippen LogP contribution in [0, 0.1) is 6.92 Å². The Kier molecular flexibility index (Phi) is 7.75. The van der Waals surface area contributed by atoms with Gasteiger partial charge in [-0.3, -0.25) is 9.84 Å². The van der Waals surface area contributed by atoms with Crippen molar-refractivity contribution in [3.05, 3.63) is 46.4 Å². The van der Waals surface area contributed by atoms with Gasteiger partial charge in [0.25, 0.3) is 6.20 Å². The maximum absolute atomic E-state index is 12.6. The molecule has 0 aliphatic carbocycles. The molecule has 1 amide bonds. The van der Waals surface area contributed by atoms with Crippen LogP contribution < -0.4 is 30.8 Å². The van der Waals surface area contributed by atoms with Crippen molar-refractivity contribution in [2.75, 3.05) is 49.8 Å². The monoisotopic (exact) mass is 502 g/mol. The van der Waals surface area contributed by atoms with Gasteiger partial charge in [0.15, 0.2) is 11.3 Å². The van der Waals surface area contributed by atoms with E-state index in [-0.39, 0.29) is 18.0 Å². The summed E-state index contributed by atoms with van der Waals surface area (Å²) in [6.07, 6.45) is 0.182. The number of benzene rings is 1. The van der Waals surface area contributed by atoms with Crippen LogP contribution in [0.1, 0.15) is 26.3 Å². The molecule has 1 aliphatic rings. The predicted octanol–water partition coefficient (Wildman–Crippen LogP) is 1.73. The van der Waals surface area contributed by atoms with Gasteiger partial charge in [-0.15, -0.1) is 5.01 Å². The molecule has 1 unspecified atom stereocenters. The normalized spacial score (nSPS) is 15.1. The molecule has 1 aromatic carbocycles. The fourth-order valence-corrected chi connectivity index (χ4v) is 3.59. The largest absolute Gasteiger partial charge is 0.486 e. The van der Waals surface area contributed by atoms with E-state index in [1.54, 1.807) is 18.3 Å².